The van der Waals surface area contributed by atoms with Gasteiger partial charge in [0.05, 0.1) is 0 Å². The summed E-state index contributed by atoms with van der Waals surface area (Å²) in [5, 5.41) is 19.0. The molecule has 0 aliphatic carbocycles. The van der Waals surface area contributed by atoms with Gasteiger partial charge in [-0.25, -0.2) is 4.79 Å². The highest BCUT2D eigenvalue weighted by Crippen LogP contribution is 2.26. The number of carboxylic acid groups (broad SMARTS) is 1. The summed E-state index contributed by atoms with van der Waals surface area (Å²) in [6, 6.07) is 10.3. The molecule has 1 aromatic carbocycles. The van der Waals surface area contributed by atoms with Crippen molar-refractivity contribution in [3.8, 4) is 0 Å². The van der Waals surface area contributed by atoms with Crippen molar-refractivity contribution < 1.29 is 14.7 Å². The number of aromatic amines is 1. The predicted octanol–water partition coefficient (Wildman–Crippen LogP) is 2.09. The van der Waals surface area contributed by atoms with Crippen LogP contribution in [0.5, 0.6) is 0 Å². The molecular formula is C16H19N3O3. The zero-order valence-electron chi connectivity index (χ0n) is 12.6. The van der Waals surface area contributed by atoms with Crippen LogP contribution in [0.4, 0.5) is 0 Å². The first kappa shape index (κ1) is 15.8. The number of carboxylic acids is 1. The number of hydrogen-bond donors (Lipinski definition) is 3. The van der Waals surface area contributed by atoms with Gasteiger partial charge in [0.1, 0.15) is 5.69 Å². The lowest BCUT2D eigenvalue weighted by molar-refractivity contribution is -0.145. The second-order valence-corrected chi connectivity index (χ2v) is 5.02. The quantitative estimate of drug-likeness (QED) is 0.761. The summed E-state index contributed by atoms with van der Waals surface area (Å²) >= 11 is 0. The third-order valence-corrected chi connectivity index (χ3v) is 3.73. The molecule has 0 fully saturated rings. The van der Waals surface area contributed by atoms with E-state index in [1.165, 1.54) is 0 Å². The Labute approximate surface area is 128 Å². The molecule has 1 heterocycles. The van der Waals surface area contributed by atoms with Gasteiger partial charge in [-0.15, -0.1) is 0 Å². The molecule has 2 aromatic rings. The summed E-state index contributed by atoms with van der Waals surface area (Å²) in [4.78, 5) is 24.2. The highest BCUT2D eigenvalue weighted by molar-refractivity contribution is 5.96. The van der Waals surface area contributed by atoms with Crippen molar-refractivity contribution in [2.45, 2.75) is 32.2 Å². The van der Waals surface area contributed by atoms with Crippen molar-refractivity contribution in [1.82, 2.24) is 15.5 Å². The number of carbonyl (C=O) groups is 2. The van der Waals surface area contributed by atoms with Crippen LogP contribution in [0.2, 0.25) is 0 Å². The lowest BCUT2D eigenvalue weighted by Crippen LogP contribution is -2.51. The molecule has 0 saturated heterocycles. The van der Waals surface area contributed by atoms with Gasteiger partial charge in [0.15, 0.2) is 5.54 Å². The Bertz CT molecular complexity index is 666. The van der Waals surface area contributed by atoms with E-state index in [4.69, 9.17) is 0 Å². The molecule has 116 valence electrons. The van der Waals surface area contributed by atoms with Crippen molar-refractivity contribution in [3.05, 3.63) is 53.3 Å². The Morgan fingerprint density at radius 2 is 1.95 bits per heavy atom. The van der Waals surface area contributed by atoms with E-state index in [2.05, 4.69) is 15.5 Å². The number of nitrogens with zero attached hydrogens (tertiary/aromatic N) is 1. The molecule has 0 aliphatic rings. The van der Waals surface area contributed by atoms with Crippen molar-refractivity contribution >= 4 is 11.9 Å². The van der Waals surface area contributed by atoms with E-state index in [9.17, 15) is 14.7 Å². The molecule has 6 nitrogen and oxygen atoms in total. The fraction of sp³-hybridized carbons (Fsp3) is 0.312. The van der Waals surface area contributed by atoms with Gasteiger partial charge in [0.25, 0.3) is 5.91 Å². The van der Waals surface area contributed by atoms with Crippen LogP contribution in [0.3, 0.4) is 0 Å². The number of hydrogen-bond acceptors (Lipinski definition) is 3. The smallest absolute Gasteiger partial charge is 0.334 e. The van der Waals surface area contributed by atoms with E-state index >= 15 is 0 Å². The van der Waals surface area contributed by atoms with Gasteiger partial charge < -0.3 is 10.4 Å². The Kier molecular flexibility index (Phi) is 4.60. The normalized spacial score (nSPS) is 13.4. The second-order valence-electron chi connectivity index (χ2n) is 5.02. The van der Waals surface area contributed by atoms with Crippen LogP contribution in [-0.2, 0) is 16.8 Å². The van der Waals surface area contributed by atoms with Gasteiger partial charge in [0.2, 0.25) is 0 Å². The molecule has 6 heteroatoms. The van der Waals surface area contributed by atoms with Crippen LogP contribution in [0.25, 0.3) is 0 Å². The third kappa shape index (κ3) is 2.86. The number of aliphatic carboxylic acids is 1. The lowest BCUT2D eigenvalue weighted by Gasteiger charge is -2.29. The van der Waals surface area contributed by atoms with Gasteiger partial charge >= 0.3 is 5.97 Å². The number of nitrogens with one attached hydrogen (secondary N) is 2. The SMILES string of the molecule is CCc1cc(C(=O)NC(CC)(C(=O)O)c2ccccc2)n[nH]1. The minimum Gasteiger partial charge on any atom is -0.479 e. The number of aromatic nitrogens is 2. The lowest BCUT2D eigenvalue weighted by atomic mass is 9.87. The summed E-state index contributed by atoms with van der Waals surface area (Å²) in [5.41, 5.74) is 0.0719. The van der Waals surface area contributed by atoms with E-state index in [0.717, 1.165) is 12.1 Å². The molecule has 1 atom stereocenters. The number of aryl methyl sites for hydroxylation is 1. The van der Waals surface area contributed by atoms with Crippen LogP contribution in [0, 0.1) is 0 Å². The molecule has 0 bridgehead atoms. The molecule has 3 N–H and O–H groups in total. The summed E-state index contributed by atoms with van der Waals surface area (Å²) in [6.07, 6.45) is 0.944. The number of carbonyl (C=O) groups excluding carboxylic acids is 1. The number of H-pyrrole nitrogens is 1. The monoisotopic (exact) mass is 301 g/mol. The topological polar surface area (TPSA) is 95.1 Å². The van der Waals surface area contributed by atoms with Crippen molar-refractivity contribution in [1.29, 1.82) is 0 Å². The number of rotatable bonds is 6. The molecule has 22 heavy (non-hydrogen) atoms. The first-order valence-corrected chi connectivity index (χ1v) is 7.19. The van der Waals surface area contributed by atoms with Crippen LogP contribution >= 0.6 is 0 Å². The fourth-order valence-corrected chi connectivity index (χ4v) is 2.33. The largest absolute Gasteiger partial charge is 0.479 e. The zero-order chi connectivity index (χ0) is 16.2. The molecule has 0 saturated carbocycles. The first-order valence-electron chi connectivity index (χ1n) is 7.19. The highest BCUT2D eigenvalue weighted by Gasteiger charge is 2.40. The van der Waals surface area contributed by atoms with E-state index in [1.54, 1.807) is 43.3 Å². The molecule has 2 rings (SSSR count). The van der Waals surface area contributed by atoms with E-state index in [0.29, 0.717) is 5.56 Å². The average molecular weight is 301 g/mol. The van der Waals surface area contributed by atoms with E-state index in [-0.39, 0.29) is 12.1 Å². The summed E-state index contributed by atoms with van der Waals surface area (Å²) < 4.78 is 0. The molecule has 0 radical (unpaired) electrons. The summed E-state index contributed by atoms with van der Waals surface area (Å²) in [6.45, 7) is 3.66. The van der Waals surface area contributed by atoms with Gasteiger partial charge in [-0.1, -0.05) is 44.2 Å². The summed E-state index contributed by atoms with van der Waals surface area (Å²) in [7, 11) is 0. The molecule has 1 amide bonds. The Balaban J connectivity index is 2.35. The third-order valence-electron chi connectivity index (χ3n) is 3.73. The Hall–Kier alpha value is -2.63. The Morgan fingerprint density at radius 3 is 2.45 bits per heavy atom. The predicted molar refractivity (Wildman–Crippen MR) is 81.5 cm³/mol. The van der Waals surface area contributed by atoms with Crippen LogP contribution in [0.1, 0.15) is 42.0 Å². The minimum absolute atomic E-state index is 0.187. The average Bonchev–Trinajstić information content (AvgIpc) is 3.02. The zero-order valence-corrected chi connectivity index (χ0v) is 12.6. The van der Waals surface area contributed by atoms with E-state index in [1.807, 2.05) is 6.92 Å². The van der Waals surface area contributed by atoms with Gasteiger partial charge in [-0.3, -0.25) is 9.89 Å². The molecule has 0 aliphatic heterocycles. The maximum absolute atomic E-state index is 12.4. The second kappa shape index (κ2) is 6.43. The van der Waals surface area contributed by atoms with Gasteiger partial charge in [0, 0.05) is 5.69 Å². The minimum atomic E-state index is -1.47. The van der Waals surface area contributed by atoms with Crippen molar-refractivity contribution in [2.24, 2.45) is 0 Å². The number of benzene rings is 1. The number of amides is 1. The fourth-order valence-electron chi connectivity index (χ4n) is 2.33. The Morgan fingerprint density at radius 1 is 1.27 bits per heavy atom. The highest BCUT2D eigenvalue weighted by atomic mass is 16.4. The maximum atomic E-state index is 12.4. The molecule has 1 unspecified atom stereocenters. The van der Waals surface area contributed by atoms with Crippen LogP contribution in [0.15, 0.2) is 36.4 Å². The molecule has 0 spiro atoms. The van der Waals surface area contributed by atoms with E-state index < -0.39 is 17.4 Å². The molecule has 1 aromatic heterocycles. The summed E-state index contributed by atoms with van der Waals surface area (Å²) in [5.74, 6) is -1.61. The van der Waals surface area contributed by atoms with Gasteiger partial charge in [-0.05, 0) is 24.5 Å². The molecular weight excluding hydrogens is 282 g/mol. The van der Waals surface area contributed by atoms with Crippen molar-refractivity contribution in [3.63, 3.8) is 0 Å². The standard InChI is InChI=1S/C16H19N3O3/c1-3-12-10-13(19-18-12)14(20)17-16(4-2,15(21)22)11-8-6-5-7-9-11/h5-10H,3-4H2,1-2H3,(H,17,20)(H,18,19)(H,21,22). The van der Waals surface area contributed by atoms with Crippen molar-refractivity contribution in [2.75, 3.05) is 0 Å². The first-order chi connectivity index (χ1) is 10.5. The maximum Gasteiger partial charge on any atom is 0.334 e. The van der Waals surface area contributed by atoms with Gasteiger partial charge in [-0.2, -0.15) is 5.10 Å². The van der Waals surface area contributed by atoms with Crippen LogP contribution in [-0.4, -0.2) is 27.2 Å². The van der Waals surface area contributed by atoms with Crippen LogP contribution < -0.4 is 5.32 Å².